The van der Waals surface area contributed by atoms with Crippen LogP contribution in [-0.4, -0.2) is 61.9 Å². The van der Waals surface area contributed by atoms with Gasteiger partial charge in [0.15, 0.2) is 0 Å². The van der Waals surface area contributed by atoms with Crippen molar-refractivity contribution >= 4 is 63.4 Å². The lowest BCUT2D eigenvalue weighted by Gasteiger charge is -2.31. The lowest BCUT2D eigenvalue weighted by atomic mass is 9.85. The van der Waals surface area contributed by atoms with Crippen LogP contribution in [0, 0.1) is 17.8 Å². The van der Waals surface area contributed by atoms with E-state index in [1.54, 1.807) is 18.2 Å². The lowest BCUT2D eigenvalue weighted by molar-refractivity contribution is -0.182. The molecular weight excluding hydrogens is 658 g/mol. The van der Waals surface area contributed by atoms with Gasteiger partial charge in [0.1, 0.15) is 6.33 Å². The summed E-state index contributed by atoms with van der Waals surface area (Å²) in [4.78, 5) is 36.9. The summed E-state index contributed by atoms with van der Waals surface area (Å²) < 4.78 is 41.5. The van der Waals surface area contributed by atoms with Crippen molar-refractivity contribution in [2.45, 2.75) is 50.9 Å². The number of hydrogen-bond donors (Lipinski definition) is 4. The van der Waals surface area contributed by atoms with Gasteiger partial charge in [-0.1, -0.05) is 29.3 Å². The normalized spacial score (nSPS) is 22.3. The average molecular weight is 691 g/mol. The van der Waals surface area contributed by atoms with Crippen LogP contribution in [0.3, 0.4) is 0 Å². The molecule has 4 aromatic rings. The van der Waals surface area contributed by atoms with E-state index in [1.807, 2.05) is 17.7 Å². The number of aryl methyl sites for hydroxylation is 1. The van der Waals surface area contributed by atoms with Gasteiger partial charge in [-0.05, 0) is 67.7 Å². The van der Waals surface area contributed by atoms with E-state index < -0.39 is 18.0 Å². The molecule has 2 atom stereocenters. The fourth-order valence-corrected chi connectivity index (χ4v) is 7.27. The molecule has 1 aliphatic heterocycles. The predicted molar refractivity (Wildman–Crippen MR) is 171 cm³/mol. The number of H-pyrrole nitrogens is 1. The van der Waals surface area contributed by atoms with E-state index >= 15 is 0 Å². The minimum Gasteiger partial charge on any atom is -0.370 e. The molecular formula is C31H32Cl2F3N9O2. The Balaban J connectivity index is 1.14. The molecule has 2 aromatic heterocycles. The molecule has 47 heavy (non-hydrogen) atoms. The van der Waals surface area contributed by atoms with Crippen LogP contribution < -0.4 is 20.9 Å². The first-order valence-corrected chi connectivity index (χ1v) is 16.2. The van der Waals surface area contributed by atoms with E-state index in [4.69, 9.17) is 28.2 Å². The van der Waals surface area contributed by atoms with Crippen molar-refractivity contribution in [1.29, 1.82) is 0 Å². The Morgan fingerprint density at radius 3 is 2.49 bits per heavy atom. The van der Waals surface area contributed by atoms with Crippen LogP contribution in [0.1, 0.15) is 58.6 Å². The number of aromatic amines is 1. The molecule has 3 fully saturated rings. The minimum atomic E-state index is -4.21. The number of imidazole rings is 1. The summed E-state index contributed by atoms with van der Waals surface area (Å²) in [6.45, 7) is 1.80. The standard InChI is InChI=1S/C31H32Cl2F3N9O2/c1-44-24-10-23(45-12-16-8-17(16)13-45)20(28(46)40-19-5-3-18(4-6-19)31(34,35)36)9-22(24)41-30(44)42-26-21(32)7-2-15(25(26)33)11-37-29(47)27-38-14-39-43-27/h2,7,9-10,14,16-19H,3-6,8,11-13H2,1H3,(H,37,47)(H,40,46)(H,41,42)(H,38,39,43). The predicted octanol–water partition coefficient (Wildman–Crippen LogP) is 5.98. The number of anilines is 3. The molecule has 11 nitrogen and oxygen atoms in total. The molecule has 2 saturated carbocycles. The molecule has 3 heterocycles. The molecule has 0 radical (unpaired) electrons. The van der Waals surface area contributed by atoms with Gasteiger partial charge < -0.3 is 25.4 Å². The zero-order valence-corrected chi connectivity index (χ0v) is 26.8. The van der Waals surface area contributed by atoms with Crippen LogP contribution >= 0.6 is 23.2 Å². The number of fused-ring (bicyclic) bond motifs is 2. The van der Waals surface area contributed by atoms with Crippen LogP contribution in [0.2, 0.25) is 10.0 Å². The summed E-state index contributed by atoms with van der Waals surface area (Å²) in [5.74, 6) is -0.368. The fraction of sp³-hybridized carbons (Fsp3) is 0.452. The Morgan fingerprint density at radius 1 is 1.06 bits per heavy atom. The number of nitrogens with one attached hydrogen (secondary N) is 4. The Morgan fingerprint density at radius 2 is 1.81 bits per heavy atom. The summed E-state index contributed by atoms with van der Waals surface area (Å²) in [6, 6.07) is 6.74. The average Bonchev–Trinajstić information content (AvgIpc) is 3.38. The molecule has 0 bridgehead atoms. The fourth-order valence-electron chi connectivity index (χ4n) is 6.74. The van der Waals surface area contributed by atoms with Crippen LogP contribution in [0.25, 0.3) is 11.0 Å². The molecule has 2 aromatic carbocycles. The first kappa shape index (κ1) is 31.6. The summed E-state index contributed by atoms with van der Waals surface area (Å²) in [5.41, 5.74) is 3.54. The zero-order valence-electron chi connectivity index (χ0n) is 25.3. The third-order valence-corrected chi connectivity index (χ3v) is 10.3. The maximum atomic E-state index is 13.7. The van der Waals surface area contributed by atoms with Gasteiger partial charge in [0.05, 0.1) is 43.9 Å². The highest BCUT2D eigenvalue weighted by molar-refractivity contribution is 6.39. The zero-order chi connectivity index (χ0) is 33.0. The number of amides is 2. The Labute approximate surface area is 277 Å². The van der Waals surface area contributed by atoms with Gasteiger partial charge >= 0.3 is 6.18 Å². The van der Waals surface area contributed by atoms with E-state index in [1.165, 1.54) is 12.7 Å². The van der Waals surface area contributed by atoms with Crippen molar-refractivity contribution in [2.75, 3.05) is 23.3 Å². The number of carbonyl (C=O) groups is 2. The molecule has 7 rings (SSSR count). The van der Waals surface area contributed by atoms with Crippen molar-refractivity contribution in [3.05, 3.63) is 57.6 Å². The van der Waals surface area contributed by atoms with Gasteiger partial charge in [-0.15, -0.1) is 0 Å². The Bertz CT molecular complexity index is 1830. The molecule has 3 aliphatic rings. The van der Waals surface area contributed by atoms with Crippen molar-refractivity contribution in [3.63, 3.8) is 0 Å². The number of hydrogen-bond acceptors (Lipinski definition) is 7. The van der Waals surface area contributed by atoms with E-state index in [-0.39, 0.29) is 50.0 Å². The van der Waals surface area contributed by atoms with Crippen LogP contribution in [0.4, 0.5) is 30.5 Å². The number of carbonyl (C=O) groups excluding carboxylic acids is 2. The maximum Gasteiger partial charge on any atom is 0.391 e. The van der Waals surface area contributed by atoms with Crippen molar-refractivity contribution in [2.24, 2.45) is 24.8 Å². The molecule has 248 valence electrons. The summed E-state index contributed by atoms with van der Waals surface area (Å²) in [7, 11) is 1.84. The quantitative estimate of drug-likeness (QED) is 0.179. The topological polar surface area (TPSA) is 133 Å². The molecule has 2 unspecified atom stereocenters. The summed E-state index contributed by atoms with van der Waals surface area (Å²) >= 11 is 13.3. The smallest absolute Gasteiger partial charge is 0.370 e. The number of rotatable bonds is 8. The van der Waals surface area contributed by atoms with E-state index in [0.29, 0.717) is 50.2 Å². The second-order valence-electron chi connectivity index (χ2n) is 12.6. The van der Waals surface area contributed by atoms with Crippen LogP contribution in [0.5, 0.6) is 0 Å². The maximum absolute atomic E-state index is 13.7. The largest absolute Gasteiger partial charge is 0.391 e. The number of halogens is 5. The van der Waals surface area contributed by atoms with Crippen LogP contribution in [-0.2, 0) is 13.6 Å². The van der Waals surface area contributed by atoms with Gasteiger partial charge in [-0.2, -0.15) is 18.3 Å². The van der Waals surface area contributed by atoms with Crippen molar-refractivity contribution in [3.8, 4) is 0 Å². The van der Waals surface area contributed by atoms with Crippen molar-refractivity contribution < 1.29 is 22.8 Å². The monoisotopic (exact) mass is 689 g/mol. The van der Waals surface area contributed by atoms with Gasteiger partial charge in [-0.25, -0.2) is 9.97 Å². The highest BCUT2D eigenvalue weighted by Gasteiger charge is 2.46. The summed E-state index contributed by atoms with van der Waals surface area (Å²) in [5, 5.41) is 15.8. The molecule has 16 heteroatoms. The van der Waals surface area contributed by atoms with Crippen LogP contribution in [0.15, 0.2) is 30.6 Å². The molecule has 0 spiro atoms. The molecule has 2 amide bonds. The molecule has 1 saturated heterocycles. The lowest BCUT2D eigenvalue weighted by Crippen LogP contribution is -2.40. The first-order chi connectivity index (χ1) is 22.5. The van der Waals surface area contributed by atoms with Crippen molar-refractivity contribution in [1.82, 2.24) is 35.4 Å². The van der Waals surface area contributed by atoms with E-state index in [9.17, 15) is 22.8 Å². The summed E-state index contributed by atoms with van der Waals surface area (Å²) in [6.07, 6.45) is -1.21. The highest BCUT2D eigenvalue weighted by Crippen LogP contribution is 2.47. The minimum absolute atomic E-state index is 0.00520. The third kappa shape index (κ3) is 6.32. The number of benzene rings is 2. The number of aromatic nitrogens is 5. The molecule has 2 aliphatic carbocycles. The van der Waals surface area contributed by atoms with E-state index in [2.05, 4.69) is 36.0 Å². The first-order valence-electron chi connectivity index (χ1n) is 15.5. The highest BCUT2D eigenvalue weighted by atomic mass is 35.5. The Kier molecular flexibility index (Phi) is 8.19. The van der Waals surface area contributed by atoms with E-state index in [0.717, 1.165) is 24.3 Å². The number of nitrogens with zero attached hydrogens (tertiary/aromatic N) is 5. The van der Waals surface area contributed by atoms with Gasteiger partial charge in [0.2, 0.25) is 11.8 Å². The number of piperidine rings is 1. The SMILES string of the molecule is Cn1c(Nc2c(Cl)ccc(CNC(=O)c3ncn[nH]3)c2Cl)nc2cc(C(=O)NC3CCC(C(F)(F)F)CC3)c(N3CC4CC4C3)cc21. The molecule has 4 N–H and O–H groups in total. The third-order valence-electron chi connectivity index (χ3n) is 9.57. The second kappa shape index (κ2) is 12.2. The number of alkyl halides is 3. The van der Waals surface area contributed by atoms with Gasteiger partial charge in [-0.3, -0.25) is 14.7 Å². The Hall–Kier alpha value is -4.04. The van der Waals surface area contributed by atoms with Gasteiger partial charge in [0, 0.05) is 32.7 Å². The second-order valence-corrected chi connectivity index (χ2v) is 13.4. The van der Waals surface area contributed by atoms with Gasteiger partial charge in [0.25, 0.3) is 11.8 Å².